The Labute approximate surface area is 159 Å². The quantitative estimate of drug-likeness (QED) is 0.704. The molecule has 2 amide bonds. The zero-order chi connectivity index (χ0) is 20.1. The largest absolute Gasteiger partial charge is 0.355 e. The van der Waals surface area contributed by atoms with Crippen molar-refractivity contribution in [3.63, 3.8) is 0 Å². The summed E-state index contributed by atoms with van der Waals surface area (Å²) in [5.74, 6) is -1.15. The molecule has 2 N–H and O–H groups in total. The third-order valence-corrected chi connectivity index (χ3v) is 3.97. The van der Waals surface area contributed by atoms with E-state index in [4.69, 9.17) is 0 Å². The lowest BCUT2D eigenvalue weighted by Gasteiger charge is -2.09. The third kappa shape index (κ3) is 4.29. The summed E-state index contributed by atoms with van der Waals surface area (Å²) in [4.78, 5) is 36.1. The molecule has 28 heavy (non-hydrogen) atoms. The maximum Gasteiger partial charge on any atom is 0.272 e. The Morgan fingerprint density at radius 2 is 1.79 bits per heavy atom. The van der Waals surface area contributed by atoms with Crippen molar-refractivity contribution < 1.29 is 14.0 Å². The number of nitrogens with zero attached hydrogens (tertiary/aromatic N) is 2. The summed E-state index contributed by atoms with van der Waals surface area (Å²) in [5.41, 5.74) is 1.16. The van der Waals surface area contributed by atoms with Gasteiger partial charge in [0.25, 0.3) is 17.4 Å². The molecular formula is C20H17FN4O3. The maximum absolute atomic E-state index is 13.1. The lowest BCUT2D eigenvalue weighted by Crippen LogP contribution is -2.28. The molecule has 0 saturated heterocycles. The van der Waals surface area contributed by atoms with Crippen LogP contribution in [0.1, 0.15) is 26.4 Å². The molecule has 0 aliphatic heterocycles. The monoisotopic (exact) mass is 380 g/mol. The van der Waals surface area contributed by atoms with E-state index in [9.17, 15) is 18.8 Å². The van der Waals surface area contributed by atoms with Crippen LogP contribution in [0.3, 0.4) is 0 Å². The highest BCUT2D eigenvalue weighted by atomic mass is 19.1. The van der Waals surface area contributed by atoms with Gasteiger partial charge in [-0.3, -0.25) is 14.4 Å². The van der Waals surface area contributed by atoms with Gasteiger partial charge < -0.3 is 10.6 Å². The summed E-state index contributed by atoms with van der Waals surface area (Å²) in [6.07, 6.45) is 0. The van der Waals surface area contributed by atoms with Crippen LogP contribution in [0.4, 0.5) is 4.39 Å². The van der Waals surface area contributed by atoms with Crippen LogP contribution in [-0.2, 0) is 6.54 Å². The molecule has 0 bridgehead atoms. The van der Waals surface area contributed by atoms with Crippen molar-refractivity contribution in [1.82, 2.24) is 20.4 Å². The summed E-state index contributed by atoms with van der Waals surface area (Å²) < 4.78 is 14.1. The zero-order valence-corrected chi connectivity index (χ0v) is 15.0. The second kappa shape index (κ2) is 8.26. The number of rotatable bonds is 5. The van der Waals surface area contributed by atoms with Crippen molar-refractivity contribution in [3.05, 3.63) is 93.7 Å². The fourth-order valence-corrected chi connectivity index (χ4v) is 2.54. The molecule has 142 valence electrons. The van der Waals surface area contributed by atoms with Gasteiger partial charge in [0, 0.05) is 25.2 Å². The van der Waals surface area contributed by atoms with Gasteiger partial charge in [0.1, 0.15) is 11.5 Å². The Kier molecular flexibility index (Phi) is 5.59. The Hall–Kier alpha value is -3.81. The van der Waals surface area contributed by atoms with Crippen molar-refractivity contribution in [2.75, 3.05) is 7.05 Å². The minimum Gasteiger partial charge on any atom is -0.355 e. The highest BCUT2D eigenvalue weighted by molar-refractivity contribution is 5.94. The predicted molar refractivity (Wildman–Crippen MR) is 101 cm³/mol. The Morgan fingerprint density at radius 1 is 1.04 bits per heavy atom. The van der Waals surface area contributed by atoms with Crippen LogP contribution in [0.2, 0.25) is 0 Å². The summed E-state index contributed by atoms with van der Waals surface area (Å²) in [6, 6.07) is 14.6. The van der Waals surface area contributed by atoms with Gasteiger partial charge in [-0.15, -0.1) is 0 Å². The molecule has 2 aromatic carbocycles. The van der Waals surface area contributed by atoms with E-state index >= 15 is 0 Å². The van der Waals surface area contributed by atoms with Crippen LogP contribution >= 0.6 is 0 Å². The number of halogens is 1. The molecule has 0 radical (unpaired) electrons. The molecule has 0 saturated carbocycles. The Balaban J connectivity index is 1.76. The van der Waals surface area contributed by atoms with E-state index in [1.54, 1.807) is 31.3 Å². The van der Waals surface area contributed by atoms with E-state index in [0.717, 1.165) is 10.2 Å². The number of nitrogens with one attached hydrogen (secondary N) is 2. The molecule has 1 aromatic heterocycles. The van der Waals surface area contributed by atoms with Crippen LogP contribution in [-0.4, -0.2) is 28.6 Å². The van der Waals surface area contributed by atoms with Crippen LogP contribution < -0.4 is 16.2 Å². The first-order valence-corrected chi connectivity index (χ1v) is 8.43. The Morgan fingerprint density at radius 3 is 2.50 bits per heavy atom. The van der Waals surface area contributed by atoms with Gasteiger partial charge >= 0.3 is 0 Å². The number of hydrogen-bond donors (Lipinski definition) is 2. The van der Waals surface area contributed by atoms with E-state index in [2.05, 4.69) is 15.7 Å². The average molecular weight is 380 g/mol. The highest BCUT2D eigenvalue weighted by Crippen LogP contribution is 2.07. The second-order valence-corrected chi connectivity index (χ2v) is 5.91. The molecule has 0 aliphatic carbocycles. The number of amides is 2. The number of aromatic nitrogens is 2. The fourth-order valence-electron chi connectivity index (χ4n) is 2.54. The smallest absolute Gasteiger partial charge is 0.272 e. The van der Waals surface area contributed by atoms with Crippen LogP contribution in [0, 0.1) is 5.82 Å². The molecule has 3 aromatic rings. The van der Waals surface area contributed by atoms with Crippen molar-refractivity contribution in [3.8, 4) is 5.69 Å². The lowest BCUT2D eigenvalue weighted by atomic mass is 10.1. The molecule has 0 atom stereocenters. The fraction of sp³-hybridized carbons (Fsp3) is 0.100. The highest BCUT2D eigenvalue weighted by Gasteiger charge is 2.11. The molecule has 8 heteroatoms. The van der Waals surface area contributed by atoms with Gasteiger partial charge in [-0.25, -0.2) is 4.39 Å². The standard InChI is InChI=1S/C20H17FN4O3/c1-22-19(27)14-4-2-3-13(11-14)12-23-20(28)17-9-10-18(26)25(24-17)16-7-5-15(21)6-8-16/h2-11H,12H2,1H3,(H,22,27)(H,23,28). The topological polar surface area (TPSA) is 93.1 Å². The number of carbonyl (C=O) groups is 2. The number of hydrogen-bond acceptors (Lipinski definition) is 4. The van der Waals surface area contributed by atoms with Crippen molar-refractivity contribution in [2.24, 2.45) is 0 Å². The van der Waals surface area contributed by atoms with Gasteiger partial charge in [0.2, 0.25) is 0 Å². The van der Waals surface area contributed by atoms with Gasteiger partial charge in [0.15, 0.2) is 0 Å². The maximum atomic E-state index is 13.1. The first-order chi connectivity index (χ1) is 13.5. The molecule has 0 spiro atoms. The molecule has 0 aliphatic rings. The van der Waals surface area contributed by atoms with E-state index < -0.39 is 17.3 Å². The number of benzene rings is 2. The third-order valence-electron chi connectivity index (χ3n) is 3.97. The first-order valence-electron chi connectivity index (χ1n) is 8.43. The lowest BCUT2D eigenvalue weighted by molar-refractivity contribution is 0.0942. The van der Waals surface area contributed by atoms with E-state index in [-0.39, 0.29) is 18.1 Å². The zero-order valence-electron chi connectivity index (χ0n) is 15.0. The van der Waals surface area contributed by atoms with Crippen molar-refractivity contribution >= 4 is 11.8 Å². The molecule has 0 fully saturated rings. The minimum atomic E-state index is -0.485. The number of carbonyl (C=O) groups excluding carboxylic acids is 2. The molecule has 3 rings (SSSR count). The molecule has 1 heterocycles. The van der Waals surface area contributed by atoms with E-state index in [0.29, 0.717) is 11.3 Å². The van der Waals surface area contributed by atoms with Gasteiger partial charge in [-0.2, -0.15) is 9.78 Å². The summed E-state index contributed by atoms with van der Waals surface area (Å²) in [5, 5.41) is 9.28. The van der Waals surface area contributed by atoms with E-state index in [1.807, 2.05) is 0 Å². The minimum absolute atomic E-state index is 0.0337. The van der Waals surface area contributed by atoms with Crippen LogP contribution in [0.25, 0.3) is 5.69 Å². The molecule has 0 unspecified atom stereocenters. The van der Waals surface area contributed by atoms with Crippen LogP contribution in [0.5, 0.6) is 0 Å². The van der Waals surface area contributed by atoms with Gasteiger partial charge in [0.05, 0.1) is 5.69 Å². The molecular weight excluding hydrogens is 363 g/mol. The first kappa shape index (κ1) is 19.0. The van der Waals surface area contributed by atoms with Gasteiger partial charge in [-0.05, 0) is 48.0 Å². The van der Waals surface area contributed by atoms with E-state index in [1.165, 1.54) is 36.4 Å². The summed E-state index contributed by atoms with van der Waals surface area (Å²) in [6.45, 7) is 0.182. The summed E-state index contributed by atoms with van der Waals surface area (Å²) in [7, 11) is 1.54. The van der Waals surface area contributed by atoms with Crippen molar-refractivity contribution in [2.45, 2.75) is 6.54 Å². The van der Waals surface area contributed by atoms with Gasteiger partial charge in [-0.1, -0.05) is 12.1 Å². The average Bonchev–Trinajstić information content (AvgIpc) is 2.72. The second-order valence-electron chi connectivity index (χ2n) is 5.91. The predicted octanol–water partition coefficient (Wildman–Crippen LogP) is 1.66. The normalized spacial score (nSPS) is 10.4. The van der Waals surface area contributed by atoms with Crippen molar-refractivity contribution in [1.29, 1.82) is 0 Å². The summed E-state index contributed by atoms with van der Waals surface area (Å²) >= 11 is 0. The SMILES string of the molecule is CNC(=O)c1cccc(CNC(=O)c2ccc(=O)n(-c3ccc(F)cc3)n2)c1. The Bertz CT molecular complexity index is 1080. The van der Waals surface area contributed by atoms with Crippen LogP contribution in [0.15, 0.2) is 65.5 Å². The molecule has 7 nitrogen and oxygen atoms in total.